The van der Waals surface area contributed by atoms with E-state index in [1.165, 1.54) is 22.6 Å². The molecule has 23 heavy (non-hydrogen) atoms. The number of rotatable bonds is 13. The first-order valence-electron chi connectivity index (χ1n) is 8.78. The summed E-state index contributed by atoms with van der Waals surface area (Å²) in [6.45, 7) is 2.17. The van der Waals surface area contributed by atoms with Gasteiger partial charge in [0.1, 0.15) is 0 Å². The SMILES string of the molecule is CCCCCC(O)C=Cc1ccc(CCCCCCC(=O)O)s1. The highest BCUT2D eigenvalue weighted by Crippen LogP contribution is 2.21. The molecule has 0 saturated carbocycles. The third-order valence-electron chi connectivity index (χ3n) is 3.83. The molecule has 0 aliphatic rings. The van der Waals surface area contributed by atoms with Crippen LogP contribution >= 0.6 is 11.3 Å². The van der Waals surface area contributed by atoms with Crippen LogP contribution in [0.2, 0.25) is 0 Å². The maximum atomic E-state index is 10.4. The first-order valence-corrected chi connectivity index (χ1v) is 9.60. The average Bonchev–Trinajstić information content (AvgIpc) is 2.96. The van der Waals surface area contributed by atoms with Crippen LogP contribution in [0.4, 0.5) is 0 Å². The predicted octanol–water partition coefficient (Wildman–Crippen LogP) is 5.28. The van der Waals surface area contributed by atoms with Gasteiger partial charge in [-0.2, -0.15) is 0 Å². The number of unbranched alkanes of at least 4 members (excludes halogenated alkanes) is 5. The van der Waals surface area contributed by atoms with Gasteiger partial charge < -0.3 is 10.2 Å². The van der Waals surface area contributed by atoms with Crippen LogP contribution in [0.1, 0.15) is 74.5 Å². The monoisotopic (exact) mass is 338 g/mol. The fourth-order valence-corrected chi connectivity index (χ4v) is 3.42. The van der Waals surface area contributed by atoms with Gasteiger partial charge in [0.15, 0.2) is 0 Å². The number of aryl methyl sites for hydroxylation is 1. The molecule has 0 aliphatic carbocycles. The van der Waals surface area contributed by atoms with Gasteiger partial charge in [-0.1, -0.05) is 45.1 Å². The van der Waals surface area contributed by atoms with Gasteiger partial charge in [0.25, 0.3) is 0 Å². The summed E-state index contributed by atoms with van der Waals surface area (Å²) < 4.78 is 0. The molecule has 1 rings (SSSR count). The second-order valence-corrected chi connectivity index (χ2v) is 7.23. The maximum absolute atomic E-state index is 10.4. The first kappa shape index (κ1) is 19.9. The lowest BCUT2D eigenvalue weighted by atomic mass is 10.1. The molecule has 0 saturated heterocycles. The van der Waals surface area contributed by atoms with Gasteiger partial charge in [-0.3, -0.25) is 4.79 Å². The van der Waals surface area contributed by atoms with E-state index in [9.17, 15) is 9.90 Å². The van der Waals surface area contributed by atoms with E-state index in [4.69, 9.17) is 5.11 Å². The van der Waals surface area contributed by atoms with Crippen molar-refractivity contribution < 1.29 is 15.0 Å². The van der Waals surface area contributed by atoms with Crippen molar-refractivity contribution in [2.75, 3.05) is 0 Å². The third-order valence-corrected chi connectivity index (χ3v) is 4.94. The minimum Gasteiger partial charge on any atom is -0.481 e. The number of carboxylic acid groups (broad SMARTS) is 1. The van der Waals surface area contributed by atoms with Crippen LogP contribution in [0.5, 0.6) is 0 Å². The number of carboxylic acids is 1. The Kier molecular flexibility index (Phi) is 10.7. The molecule has 0 bridgehead atoms. The second kappa shape index (κ2) is 12.3. The fraction of sp³-hybridized carbons (Fsp3) is 0.632. The van der Waals surface area contributed by atoms with Crippen molar-refractivity contribution in [2.24, 2.45) is 0 Å². The molecule has 0 radical (unpaired) electrons. The zero-order chi connectivity index (χ0) is 16.9. The Balaban J connectivity index is 2.19. The minimum atomic E-state index is -0.698. The Bertz CT molecular complexity index is 465. The first-order chi connectivity index (χ1) is 11.1. The minimum absolute atomic E-state index is 0.286. The van der Waals surface area contributed by atoms with Crippen LogP contribution in [0.15, 0.2) is 18.2 Å². The van der Waals surface area contributed by atoms with Crippen molar-refractivity contribution in [2.45, 2.75) is 77.2 Å². The molecule has 0 aliphatic heterocycles. The molecule has 3 nitrogen and oxygen atoms in total. The van der Waals surface area contributed by atoms with Crippen LogP contribution in [0, 0.1) is 0 Å². The van der Waals surface area contributed by atoms with Crippen molar-refractivity contribution >= 4 is 23.4 Å². The fourth-order valence-electron chi connectivity index (χ4n) is 2.45. The molecule has 1 heterocycles. The van der Waals surface area contributed by atoms with Crippen LogP contribution in [0.25, 0.3) is 6.08 Å². The number of carbonyl (C=O) groups is 1. The smallest absolute Gasteiger partial charge is 0.303 e. The molecular weight excluding hydrogens is 308 g/mol. The van der Waals surface area contributed by atoms with Crippen LogP contribution < -0.4 is 0 Å². The Morgan fingerprint density at radius 1 is 1.17 bits per heavy atom. The van der Waals surface area contributed by atoms with Gasteiger partial charge in [0.05, 0.1) is 6.10 Å². The average molecular weight is 339 g/mol. The zero-order valence-electron chi connectivity index (χ0n) is 14.2. The van der Waals surface area contributed by atoms with E-state index in [1.807, 2.05) is 12.2 Å². The van der Waals surface area contributed by atoms with Crippen molar-refractivity contribution in [1.29, 1.82) is 0 Å². The topological polar surface area (TPSA) is 57.5 Å². The molecule has 2 N–H and O–H groups in total. The van der Waals surface area contributed by atoms with E-state index >= 15 is 0 Å². The lowest BCUT2D eigenvalue weighted by molar-refractivity contribution is -0.137. The highest BCUT2D eigenvalue weighted by molar-refractivity contribution is 7.12. The number of aliphatic carboxylic acids is 1. The number of thiophene rings is 1. The highest BCUT2D eigenvalue weighted by Gasteiger charge is 2.01. The Hall–Kier alpha value is -1.13. The number of aliphatic hydroxyl groups excluding tert-OH is 1. The molecule has 4 heteroatoms. The van der Waals surface area contributed by atoms with Gasteiger partial charge in [0.2, 0.25) is 0 Å². The zero-order valence-corrected chi connectivity index (χ0v) is 15.0. The summed E-state index contributed by atoms with van der Waals surface area (Å²) in [6, 6.07) is 4.27. The van der Waals surface area contributed by atoms with Crippen molar-refractivity contribution in [3.8, 4) is 0 Å². The van der Waals surface area contributed by atoms with Crippen molar-refractivity contribution in [1.82, 2.24) is 0 Å². The van der Waals surface area contributed by atoms with E-state index in [1.54, 1.807) is 11.3 Å². The molecule has 1 aromatic rings. The van der Waals surface area contributed by atoms with Gasteiger partial charge in [-0.05, 0) is 43.9 Å². The molecule has 1 aromatic heterocycles. The predicted molar refractivity (Wildman–Crippen MR) is 97.9 cm³/mol. The summed E-state index contributed by atoms with van der Waals surface area (Å²) in [4.78, 5) is 13.0. The molecule has 1 atom stereocenters. The molecule has 0 spiro atoms. The molecular formula is C19H30O3S. The van der Waals surface area contributed by atoms with Crippen LogP contribution in [-0.2, 0) is 11.2 Å². The number of aliphatic hydroxyl groups is 1. The second-order valence-electron chi connectivity index (χ2n) is 6.03. The number of hydrogen-bond acceptors (Lipinski definition) is 3. The van der Waals surface area contributed by atoms with Gasteiger partial charge in [-0.15, -0.1) is 11.3 Å². The third kappa shape index (κ3) is 10.3. The highest BCUT2D eigenvalue weighted by atomic mass is 32.1. The van der Waals surface area contributed by atoms with Crippen LogP contribution in [0.3, 0.4) is 0 Å². The normalized spacial score (nSPS) is 12.8. The maximum Gasteiger partial charge on any atom is 0.303 e. The summed E-state index contributed by atoms with van der Waals surface area (Å²) in [5.41, 5.74) is 0. The quantitative estimate of drug-likeness (QED) is 0.481. The Morgan fingerprint density at radius 3 is 2.70 bits per heavy atom. The van der Waals surface area contributed by atoms with E-state index in [-0.39, 0.29) is 12.5 Å². The molecule has 130 valence electrons. The lowest BCUT2D eigenvalue weighted by Crippen LogP contribution is -2.00. The Morgan fingerprint density at radius 2 is 1.96 bits per heavy atom. The van der Waals surface area contributed by atoms with Gasteiger partial charge >= 0.3 is 5.97 Å². The summed E-state index contributed by atoms with van der Waals surface area (Å²) in [5, 5.41) is 18.5. The summed E-state index contributed by atoms with van der Waals surface area (Å²) >= 11 is 1.78. The Labute approximate surface area is 144 Å². The van der Waals surface area contributed by atoms with E-state index in [2.05, 4.69) is 19.1 Å². The molecule has 0 fully saturated rings. The summed E-state index contributed by atoms with van der Waals surface area (Å²) in [6.07, 6.45) is 13.2. The summed E-state index contributed by atoms with van der Waals surface area (Å²) in [7, 11) is 0. The number of hydrogen-bond donors (Lipinski definition) is 2. The van der Waals surface area contributed by atoms with E-state index in [0.717, 1.165) is 44.9 Å². The van der Waals surface area contributed by atoms with Crippen molar-refractivity contribution in [3.63, 3.8) is 0 Å². The van der Waals surface area contributed by atoms with Crippen LogP contribution in [-0.4, -0.2) is 22.3 Å². The summed E-state index contributed by atoms with van der Waals surface area (Å²) in [5.74, 6) is -0.698. The van der Waals surface area contributed by atoms with E-state index < -0.39 is 5.97 Å². The molecule has 1 unspecified atom stereocenters. The van der Waals surface area contributed by atoms with Gasteiger partial charge in [0, 0.05) is 16.2 Å². The largest absolute Gasteiger partial charge is 0.481 e. The van der Waals surface area contributed by atoms with Crippen molar-refractivity contribution in [3.05, 3.63) is 28.0 Å². The lowest BCUT2D eigenvalue weighted by Gasteiger charge is -2.03. The standard InChI is InChI=1S/C19H30O3S/c1-2-3-6-9-16(20)12-13-18-15-14-17(23-18)10-7-4-5-8-11-19(21)22/h12-16,20H,2-11H2,1H3,(H,21,22). The van der Waals surface area contributed by atoms with E-state index in [0.29, 0.717) is 0 Å². The van der Waals surface area contributed by atoms with Gasteiger partial charge in [-0.25, -0.2) is 0 Å². The molecule has 0 aromatic carbocycles. The molecule has 0 amide bonds.